The fourth-order valence-corrected chi connectivity index (χ4v) is 3.08. The highest BCUT2D eigenvalue weighted by Gasteiger charge is 2.31. The number of likely N-dealkylation sites (tertiary alicyclic amines) is 1. The predicted octanol–water partition coefficient (Wildman–Crippen LogP) is 1.10. The van der Waals surface area contributed by atoms with Gasteiger partial charge in [-0.2, -0.15) is 0 Å². The number of amides is 1. The molecule has 2 aliphatic rings. The van der Waals surface area contributed by atoms with Crippen molar-refractivity contribution in [1.82, 2.24) is 9.88 Å². The molecule has 0 aliphatic carbocycles. The van der Waals surface area contributed by atoms with Crippen LogP contribution in [0, 0.1) is 5.92 Å². The van der Waals surface area contributed by atoms with Crippen LogP contribution in [0.3, 0.4) is 0 Å². The number of nitrogens with two attached hydrogens (primary N) is 1. The number of nitrogens with zero attached hydrogens (tertiary/aromatic N) is 2. The number of piperidine rings is 1. The van der Waals surface area contributed by atoms with Gasteiger partial charge in [-0.3, -0.25) is 9.69 Å². The summed E-state index contributed by atoms with van der Waals surface area (Å²) in [6, 6.07) is 4.41. The molecule has 2 aliphatic heterocycles. The van der Waals surface area contributed by atoms with Crippen LogP contribution in [0.2, 0.25) is 0 Å². The lowest BCUT2D eigenvalue weighted by Crippen LogP contribution is -2.41. The summed E-state index contributed by atoms with van der Waals surface area (Å²) >= 11 is 0. The number of carbonyl (C=O) groups is 1. The number of carbonyl (C=O) groups excluding carboxylic acids is 1. The molecule has 1 aromatic heterocycles. The molecule has 5 heteroatoms. The second-order valence-corrected chi connectivity index (χ2v) is 5.26. The van der Waals surface area contributed by atoms with Gasteiger partial charge in [-0.05, 0) is 32.0 Å². The van der Waals surface area contributed by atoms with Gasteiger partial charge in [-0.25, -0.2) is 4.98 Å². The third kappa shape index (κ3) is 2.42. The Kier molecular flexibility index (Phi) is 3.38. The van der Waals surface area contributed by atoms with Crippen molar-refractivity contribution in [2.75, 3.05) is 19.7 Å². The van der Waals surface area contributed by atoms with E-state index < -0.39 is 0 Å². The minimum absolute atomic E-state index is 0.0458. The first-order chi connectivity index (χ1) is 9.25. The smallest absolute Gasteiger partial charge is 0.220 e. The van der Waals surface area contributed by atoms with Gasteiger partial charge in [0.25, 0.3) is 0 Å². The first kappa shape index (κ1) is 12.4. The van der Waals surface area contributed by atoms with Crippen LogP contribution in [0.5, 0.6) is 5.88 Å². The van der Waals surface area contributed by atoms with Gasteiger partial charge in [0, 0.05) is 30.1 Å². The van der Waals surface area contributed by atoms with E-state index in [1.165, 1.54) is 5.56 Å². The van der Waals surface area contributed by atoms with Gasteiger partial charge in [0.05, 0.1) is 6.61 Å². The van der Waals surface area contributed by atoms with Gasteiger partial charge < -0.3 is 10.5 Å². The Morgan fingerprint density at radius 2 is 2.16 bits per heavy atom. The lowest BCUT2D eigenvalue weighted by molar-refractivity contribution is -0.123. The molecule has 1 saturated heterocycles. The highest BCUT2D eigenvalue weighted by molar-refractivity contribution is 5.76. The maximum absolute atomic E-state index is 11.2. The Balaban J connectivity index is 1.73. The fourth-order valence-electron chi connectivity index (χ4n) is 3.08. The summed E-state index contributed by atoms with van der Waals surface area (Å²) < 4.78 is 5.59. The van der Waals surface area contributed by atoms with Crippen molar-refractivity contribution in [2.45, 2.75) is 25.3 Å². The van der Waals surface area contributed by atoms with E-state index in [4.69, 9.17) is 10.5 Å². The number of rotatable bonds is 2. The molecule has 0 bridgehead atoms. The van der Waals surface area contributed by atoms with Crippen LogP contribution in [0.1, 0.15) is 30.9 Å². The summed E-state index contributed by atoms with van der Waals surface area (Å²) in [7, 11) is 0. The van der Waals surface area contributed by atoms with Crippen molar-refractivity contribution in [2.24, 2.45) is 11.7 Å². The minimum Gasteiger partial charge on any atom is -0.477 e. The number of primary amides is 1. The van der Waals surface area contributed by atoms with E-state index in [0.29, 0.717) is 12.6 Å². The maximum atomic E-state index is 11.2. The quantitative estimate of drug-likeness (QED) is 0.865. The molecule has 0 aromatic carbocycles. The second-order valence-electron chi connectivity index (χ2n) is 5.26. The maximum Gasteiger partial charge on any atom is 0.220 e. The van der Waals surface area contributed by atoms with Gasteiger partial charge in [-0.1, -0.05) is 6.07 Å². The largest absolute Gasteiger partial charge is 0.477 e. The van der Waals surface area contributed by atoms with Crippen LogP contribution in [-0.2, 0) is 4.79 Å². The lowest BCUT2D eigenvalue weighted by Gasteiger charge is -2.38. The van der Waals surface area contributed by atoms with Crippen LogP contribution in [0.4, 0.5) is 0 Å². The summed E-state index contributed by atoms with van der Waals surface area (Å²) in [5.74, 6) is 0.647. The van der Waals surface area contributed by atoms with Gasteiger partial charge in [0.2, 0.25) is 11.8 Å². The Bertz CT molecular complexity index is 470. The average Bonchev–Trinajstić information content (AvgIpc) is 2.47. The molecule has 5 nitrogen and oxygen atoms in total. The molecular formula is C14H19N3O2. The Morgan fingerprint density at radius 3 is 2.89 bits per heavy atom. The van der Waals surface area contributed by atoms with E-state index in [0.717, 1.165) is 38.2 Å². The number of ether oxygens (including phenoxy) is 1. The fraction of sp³-hybridized carbons (Fsp3) is 0.571. The van der Waals surface area contributed by atoms with E-state index in [-0.39, 0.29) is 11.8 Å². The van der Waals surface area contributed by atoms with Crippen LogP contribution < -0.4 is 10.5 Å². The molecule has 1 amide bonds. The first-order valence-electron chi connectivity index (χ1n) is 6.87. The number of fused-ring (bicyclic) bond motifs is 1. The van der Waals surface area contributed by atoms with Crippen molar-refractivity contribution in [3.05, 3.63) is 23.9 Å². The molecule has 102 valence electrons. The topological polar surface area (TPSA) is 68.5 Å². The molecule has 0 radical (unpaired) electrons. The van der Waals surface area contributed by atoms with Crippen LogP contribution in [0.15, 0.2) is 18.3 Å². The van der Waals surface area contributed by atoms with Crippen LogP contribution >= 0.6 is 0 Å². The van der Waals surface area contributed by atoms with Crippen molar-refractivity contribution >= 4 is 5.91 Å². The van der Waals surface area contributed by atoms with Crippen LogP contribution in [-0.4, -0.2) is 35.5 Å². The molecule has 3 heterocycles. The summed E-state index contributed by atoms with van der Waals surface area (Å²) in [6.45, 7) is 2.56. The van der Waals surface area contributed by atoms with Gasteiger partial charge in [0.15, 0.2) is 0 Å². The molecule has 19 heavy (non-hydrogen) atoms. The molecule has 1 aromatic rings. The van der Waals surface area contributed by atoms with E-state index in [2.05, 4.69) is 16.0 Å². The Morgan fingerprint density at radius 1 is 1.37 bits per heavy atom. The SMILES string of the molecule is NC(=O)C1CCN(C2CCOc3ncccc32)CC1. The zero-order chi connectivity index (χ0) is 13.2. The standard InChI is InChI=1S/C14H19N3O2/c15-13(18)10-3-7-17(8-4-10)12-5-9-19-14-11(12)2-1-6-16-14/h1-2,6,10,12H,3-5,7-9H2,(H2,15,18). The Hall–Kier alpha value is -1.62. The summed E-state index contributed by atoms with van der Waals surface area (Å²) in [4.78, 5) is 17.9. The van der Waals surface area contributed by atoms with Gasteiger partial charge in [0.1, 0.15) is 0 Å². The number of aromatic nitrogens is 1. The lowest BCUT2D eigenvalue weighted by atomic mass is 9.92. The predicted molar refractivity (Wildman–Crippen MR) is 70.6 cm³/mol. The van der Waals surface area contributed by atoms with E-state index in [1.807, 2.05) is 6.07 Å². The normalized spacial score (nSPS) is 24.5. The Labute approximate surface area is 112 Å². The third-order valence-electron chi connectivity index (χ3n) is 4.16. The van der Waals surface area contributed by atoms with Crippen molar-refractivity contribution < 1.29 is 9.53 Å². The average molecular weight is 261 g/mol. The summed E-state index contributed by atoms with van der Waals surface area (Å²) in [5.41, 5.74) is 6.55. The molecule has 0 saturated carbocycles. The zero-order valence-corrected chi connectivity index (χ0v) is 10.9. The molecule has 1 fully saturated rings. The second kappa shape index (κ2) is 5.17. The van der Waals surface area contributed by atoms with E-state index in [9.17, 15) is 4.79 Å². The first-order valence-corrected chi connectivity index (χ1v) is 6.87. The minimum atomic E-state index is -0.159. The zero-order valence-electron chi connectivity index (χ0n) is 10.9. The van der Waals surface area contributed by atoms with Crippen molar-refractivity contribution in [1.29, 1.82) is 0 Å². The van der Waals surface area contributed by atoms with Crippen LogP contribution in [0.25, 0.3) is 0 Å². The highest BCUT2D eigenvalue weighted by Crippen LogP contribution is 2.36. The molecule has 0 spiro atoms. The number of pyridine rings is 1. The van der Waals surface area contributed by atoms with Crippen molar-refractivity contribution in [3.8, 4) is 5.88 Å². The number of hydrogen-bond donors (Lipinski definition) is 1. The monoisotopic (exact) mass is 261 g/mol. The summed E-state index contributed by atoms with van der Waals surface area (Å²) in [5, 5.41) is 0. The molecule has 2 N–H and O–H groups in total. The summed E-state index contributed by atoms with van der Waals surface area (Å²) in [6.07, 6.45) is 4.48. The molecular weight excluding hydrogens is 242 g/mol. The molecule has 1 atom stereocenters. The van der Waals surface area contributed by atoms with E-state index in [1.54, 1.807) is 6.20 Å². The van der Waals surface area contributed by atoms with Gasteiger partial charge in [-0.15, -0.1) is 0 Å². The number of hydrogen-bond acceptors (Lipinski definition) is 4. The molecule has 1 unspecified atom stereocenters. The third-order valence-corrected chi connectivity index (χ3v) is 4.16. The van der Waals surface area contributed by atoms with Crippen molar-refractivity contribution in [3.63, 3.8) is 0 Å². The molecule has 3 rings (SSSR count). The van der Waals surface area contributed by atoms with E-state index >= 15 is 0 Å². The highest BCUT2D eigenvalue weighted by atomic mass is 16.5. The van der Waals surface area contributed by atoms with Gasteiger partial charge >= 0.3 is 0 Å².